The SMILES string of the molecule is CCCCN1C/C=C\CCC(=O)N[C@H](COC)[C@@H](c2ccccc2)OC(=O)[C@@H]2[C@H]3O[C@@]4(C=C3Br)[C@H](C1=O)N([C@H](C)CO)C(=O)[C@@H]24. The van der Waals surface area contributed by atoms with Crippen molar-refractivity contribution in [1.82, 2.24) is 15.1 Å². The van der Waals surface area contributed by atoms with E-state index in [0.29, 0.717) is 23.0 Å². The number of likely N-dealkylation sites (tertiary alicyclic amines) is 1. The molecule has 2 fully saturated rings. The van der Waals surface area contributed by atoms with Crippen LogP contribution in [0.2, 0.25) is 0 Å². The first-order valence-corrected chi connectivity index (χ1v) is 16.4. The van der Waals surface area contributed by atoms with Gasteiger partial charge in [0.15, 0.2) is 0 Å². The Morgan fingerprint density at radius 1 is 1.13 bits per heavy atom. The Morgan fingerprint density at radius 3 is 2.58 bits per heavy atom. The van der Waals surface area contributed by atoms with Gasteiger partial charge in [-0.2, -0.15) is 0 Å². The monoisotopic (exact) mass is 687 g/mol. The van der Waals surface area contributed by atoms with Crippen molar-refractivity contribution in [1.29, 1.82) is 0 Å². The zero-order valence-electron chi connectivity index (χ0n) is 25.9. The Kier molecular flexibility index (Phi) is 10.5. The molecular formula is C33H42BrN3O8. The van der Waals surface area contributed by atoms with Crippen LogP contribution in [0.25, 0.3) is 0 Å². The Bertz CT molecular complexity index is 1340. The number of halogens is 1. The predicted octanol–water partition coefficient (Wildman–Crippen LogP) is 2.63. The van der Waals surface area contributed by atoms with Crippen LogP contribution >= 0.6 is 15.9 Å². The maximum Gasteiger partial charge on any atom is 0.313 e. The molecule has 2 saturated heterocycles. The van der Waals surface area contributed by atoms with E-state index in [1.165, 1.54) is 12.0 Å². The average molecular weight is 689 g/mol. The van der Waals surface area contributed by atoms with Crippen molar-refractivity contribution in [2.24, 2.45) is 11.8 Å². The molecule has 11 nitrogen and oxygen atoms in total. The predicted molar refractivity (Wildman–Crippen MR) is 168 cm³/mol. The van der Waals surface area contributed by atoms with Gasteiger partial charge >= 0.3 is 5.97 Å². The van der Waals surface area contributed by atoms with Gasteiger partial charge in [-0.05, 0) is 31.4 Å². The minimum Gasteiger partial charge on any atom is -0.455 e. The summed E-state index contributed by atoms with van der Waals surface area (Å²) in [6.45, 7) is 4.13. The first-order chi connectivity index (χ1) is 21.7. The topological polar surface area (TPSA) is 135 Å². The average Bonchev–Trinajstić information content (AvgIpc) is 3.63. The lowest BCUT2D eigenvalue weighted by molar-refractivity contribution is -0.163. The van der Waals surface area contributed by atoms with Crippen LogP contribution in [0.15, 0.2) is 53.0 Å². The molecule has 0 unspecified atom stereocenters. The third kappa shape index (κ3) is 6.22. The number of methoxy groups -OCH3 is 1. The van der Waals surface area contributed by atoms with Crippen molar-refractivity contribution in [2.45, 2.75) is 75.5 Å². The summed E-state index contributed by atoms with van der Waals surface area (Å²) in [5, 5.41) is 13.2. The summed E-state index contributed by atoms with van der Waals surface area (Å²) >= 11 is 3.57. The lowest BCUT2D eigenvalue weighted by Crippen LogP contribution is -2.58. The zero-order valence-corrected chi connectivity index (χ0v) is 27.5. The third-order valence-electron chi connectivity index (χ3n) is 9.16. The molecule has 12 heteroatoms. The van der Waals surface area contributed by atoms with Gasteiger partial charge in [0.1, 0.15) is 29.8 Å². The van der Waals surface area contributed by atoms with Gasteiger partial charge in [0, 0.05) is 31.1 Å². The van der Waals surface area contributed by atoms with Crippen LogP contribution in [-0.2, 0) is 33.4 Å². The molecule has 0 radical (unpaired) electrons. The molecule has 1 spiro atoms. The number of hydrogen-bond donors (Lipinski definition) is 2. The highest BCUT2D eigenvalue weighted by molar-refractivity contribution is 9.11. The van der Waals surface area contributed by atoms with Gasteiger partial charge in [-0.15, -0.1) is 0 Å². The summed E-state index contributed by atoms with van der Waals surface area (Å²) in [5.41, 5.74) is -0.790. The molecule has 1 aromatic rings. The highest BCUT2D eigenvalue weighted by Crippen LogP contribution is 2.59. The number of benzene rings is 1. The normalized spacial score (nSPS) is 33.5. The summed E-state index contributed by atoms with van der Waals surface area (Å²) in [7, 11) is 1.51. The number of unbranched alkanes of at least 4 members (excludes halogenated alkanes) is 1. The lowest BCUT2D eigenvalue weighted by atomic mass is 9.74. The number of aliphatic hydroxyl groups excluding tert-OH is 1. The van der Waals surface area contributed by atoms with Crippen molar-refractivity contribution in [3.63, 3.8) is 0 Å². The molecule has 0 saturated carbocycles. The highest BCUT2D eigenvalue weighted by atomic mass is 79.9. The van der Waals surface area contributed by atoms with Crippen LogP contribution in [0.5, 0.6) is 0 Å². The van der Waals surface area contributed by atoms with Crippen LogP contribution in [-0.4, -0.2) is 102 Å². The number of hydrogen-bond acceptors (Lipinski definition) is 8. The second kappa shape index (κ2) is 14.1. The van der Waals surface area contributed by atoms with Gasteiger partial charge in [0.25, 0.3) is 0 Å². The van der Waals surface area contributed by atoms with Gasteiger partial charge in [0.2, 0.25) is 17.7 Å². The molecule has 8 atom stereocenters. The number of nitrogens with one attached hydrogen (secondary N) is 1. The minimum absolute atomic E-state index is 0.0691. The molecule has 0 aromatic heterocycles. The van der Waals surface area contributed by atoms with Gasteiger partial charge in [-0.3, -0.25) is 19.2 Å². The van der Waals surface area contributed by atoms with E-state index in [1.54, 1.807) is 30.0 Å². The molecule has 3 amide bonds. The van der Waals surface area contributed by atoms with E-state index in [9.17, 15) is 24.3 Å². The van der Waals surface area contributed by atoms with Crippen LogP contribution < -0.4 is 5.32 Å². The maximum absolute atomic E-state index is 14.5. The second-order valence-corrected chi connectivity index (χ2v) is 13.1. The molecule has 4 heterocycles. The number of allylic oxidation sites excluding steroid dienone is 1. The second-order valence-electron chi connectivity index (χ2n) is 12.1. The number of carbonyl (C=O) groups excluding carboxylic acids is 4. The Morgan fingerprint density at radius 2 is 1.89 bits per heavy atom. The van der Waals surface area contributed by atoms with E-state index in [1.807, 2.05) is 37.3 Å². The van der Waals surface area contributed by atoms with Crippen molar-refractivity contribution < 1.29 is 38.5 Å². The molecule has 45 heavy (non-hydrogen) atoms. The summed E-state index contributed by atoms with van der Waals surface area (Å²) < 4.78 is 18.8. The molecule has 244 valence electrons. The van der Waals surface area contributed by atoms with Crippen LogP contribution in [0.3, 0.4) is 0 Å². The number of amides is 3. The van der Waals surface area contributed by atoms with E-state index in [0.717, 1.165) is 12.8 Å². The number of carbonyl (C=O) groups is 4. The van der Waals surface area contributed by atoms with Gasteiger partial charge in [0.05, 0.1) is 31.2 Å². The van der Waals surface area contributed by atoms with Gasteiger partial charge in [-0.25, -0.2) is 0 Å². The van der Waals surface area contributed by atoms with Gasteiger partial charge < -0.3 is 34.4 Å². The Hall–Kier alpha value is -3.06. The number of ether oxygens (including phenoxy) is 3. The highest BCUT2D eigenvalue weighted by Gasteiger charge is 2.75. The van der Waals surface area contributed by atoms with Gasteiger partial charge in [-0.1, -0.05) is 71.8 Å². The fraction of sp³-hybridized carbons (Fsp3) is 0.576. The molecule has 2 N–H and O–H groups in total. The Balaban J connectivity index is 1.62. The minimum atomic E-state index is -1.44. The quantitative estimate of drug-likeness (QED) is 0.315. The molecule has 5 bridgehead atoms. The van der Waals surface area contributed by atoms with E-state index in [-0.39, 0.29) is 38.0 Å². The first kappa shape index (κ1) is 33.3. The van der Waals surface area contributed by atoms with Crippen LogP contribution in [0.4, 0.5) is 0 Å². The number of aliphatic hydroxyl groups is 1. The fourth-order valence-electron chi connectivity index (χ4n) is 7.01. The van der Waals surface area contributed by atoms with Crippen molar-refractivity contribution in [3.8, 4) is 0 Å². The number of fused-ring (bicyclic) bond motifs is 2. The number of nitrogens with zero attached hydrogens (tertiary/aromatic N) is 2. The van der Waals surface area contributed by atoms with E-state index in [4.69, 9.17) is 14.2 Å². The third-order valence-corrected chi connectivity index (χ3v) is 9.84. The zero-order chi connectivity index (χ0) is 32.3. The lowest BCUT2D eigenvalue weighted by Gasteiger charge is -2.37. The maximum atomic E-state index is 14.5. The van der Waals surface area contributed by atoms with E-state index < -0.39 is 59.6 Å². The van der Waals surface area contributed by atoms with Crippen molar-refractivity contribution in [2.75, 3.05) is 33.4 Å². The standard InChI is InChI=1S/C33H42BrN3O8/c1-4-5-15-36-16-11-7-10-14-24(39)35-23(19-43-3)27(21-12-8-6-9-13-21)44-32(42)25-26-30(40)37(20(2)18-38)29(31(36)41)33(26)17-22(34)28(25)45-33/h6-9,11-13,17,20,23,25-29,38H,4-5,10,14-16,18-19H2,1-3H3,(H,35,39)/b11-7-/t20-,23-,25+,26-,27-,28+,29+,33-/m1/s1. The molecule has 0 aliphatic carbocycles. The van der Waals surface area contributed by atoms with Crippen LogP contribution in [0.1, 0.15) is 51.2 Å². The molecule has 4 aliphatic heterocycles. The summed E-state index contributed by atoms with van der Waals surface area (Å²) in [5.74, 6) is -3.82. The number of rotatable bonds is 8. The molecule has 5 rings (SSSR count). The smallest absolute Gasteiger partial charge is 0.313 e. The van der Waals surface area contributed by atoms with E-state index >= 15 is 0 Å². The van der Waals surface area contributed by atoms with Crippen molar-refractivity contribution >= 4 is 39.6 Å². The number of esters is 1. The fourth-order valence-corrected chi connectivity index (χ4v) is 7.74. The van der Waals surface area contributed by atoms with Crippen LogP contribution in [0, 0.1) is 11.8 Å². The molecule has 1 aromatic carbocycles. The number of cyclic esters (lactones) is 1. The van der Waals surface area contributed by atoms with Crippen molar-refractivity contribution in [3.05, 3.63) is 58.6 Å². The molecule has 4 aliphatic rings. The Labute approximate surface area is 272 Å². The summed E-state index contributed by atoms with van der Waals surface area (Å²) in [6.07, 6.45) is 5.92. The summed E-state index contributed by atoms with van der Waals surface area (Å²) in [4.78, 5) is 59.3. The largest absolute Gasteiger partial charge is 0.455 e. The first-order valence-electron chi connectivity index (χ1n) is 15.6. The summed E-state index contributed by atoms with van der Waals surface area (Å²) in [6, 6.07) is 6.55. The molecular weight excluding hydrogens is 646 g/mol. The van der Waals surface area contributed by atoms with E-state index in [2.05, 4.69) is 21.2 Å².